The summed E-state index contributed by atoms with van der Waals surface area (Å²) in [5, 5.41) is 12.1. The molecular weight excluding hydrogens is 444 g/mol. The van der Waals surface area contributed by atoms with Crippen LogP contribution >= 0.6 is 0 Å². The van der Waals surface area contributed by atoms with Crippen molar-refractivity contribution in [3.05, 3.63) is 107 Å². The Kier molecular flexibility index (Phi) is 5.62. The number of rotatable bonds is 6. The third-order valence-electron chi connectivity index (χ3n) is 6.28. The first kappa shape index (κ1) is 22.1. The second-order valence-electron chi connectivity index (χ2n) is 8.33. The molecule has 0 aliphatic carbocycles. The van der Waals surface area contributed by atoms with E-state index in [1.807, 2.05) is 30.5 Å². The van der Waals surface area contributed by atoms with E-state index in [1.54, 1.807) is 42.6 Å². The molecule has 174 valence electrons. The third kappa shape index (κ3) is 3.95. The van der Waals surface area contributed by atoms with Gasteiger partial charge in [-0.3, -0.25) is 19.4 Å². The highest BCUT2D eigenvalue weighted by molar-refractivity contribution is 6.46. The number of aromatic nitrogens is 2. The summed E-state index contributed by atoms with van der Waals surface area (Å²) in [6, 6.07) is 16.7. The highest BCUT2D eigenvalue weighted by Crippen LogP contribution is 2.39. The van der Waals surface area contributed by atoms with E-state index in [2.05, 4.69) is 9.97 Å². The molecule has 1 unspecified atom stereocenters. The number of likely N-dealkylation sites (tertiary alicyclic amines) is 1. The van der Waals surface area contributed by atoms with E-state index in [1.165, 1.54) is 11.1 Å². The monoisotopic (exact) mass is 466 g/mol. The van der Waals surface area contributed by atoms with Gasteiger partial charge in [-0.15, -0.1) is 0 Å². The molecule has 35 heavy (non-hydrogen) atoms. The number of nitrogens with zero attached hydrogens (tertiary/aromatic N) is 2. The second-order valence-corrected chi connectivity index (χ2v) is 8.33. The first-order chi connectivity index (χ1) is 17.0. The number of carbonyl (C=O) groups excluding carboxylic acids is 3. The third-order valence-corrected chi connectivity index (χ3v) is 6.28. The Morgan fingerprint density at radius 2 is 1.80 bits per heavy atom. The maximum Gasteiger partial charge on any atom is 0.295 e. The van der Waals surface area contributed by atoms with Gasteiger partial charge in [-0.2, -0.15) is 0 Å². The smallest absolute Gasteiger partial charge is 0.295 e. The molecule has 1 aliphatic heterocycles. The number of amides is 2. The number of hydrogen-bond donors (Lipinski definition) is 3. The Balaban J connectivity index is 1.57. The van der Waals surface area contributed by atoms with Crippen molar-refractivity contribution >= 4 is 34.3 Å². The van der Waals surface area contributed by atoms with Gasteiger partial charge >= 0.3 is 0 Å². The number of nitrogens with two attached hydrogens (primary N) is 1. The fourth-order valence-corrected chi connectivity index (χ4v) is 4.52. The van der Waals surface area contributed by atoms with Gasteiger partial charge in [0.05, 0.1) is 11.6 Å². The molecule has 0 radical (unpaired) electrons. The lowest BCUT2D eigenvalue weighted by atomic mass is 9.95. The number of Topliss-reactive ketones (excluding diaryl/α,β-unsaturated/α-hetero) is 1. The normalized spacial score (nSPS) is 17.3. The second kappa shape index (κ2) is 8.90. The van der Waals surface area contributed by atoms with Crippen LogP contribution in [0.2, 0.25) is 0 Å². The van der Waals surface area contributed by atoms with Crippen molar-refractivity contribution < 1.29 is 19.5 Å². The summed E-state index contributed by atoms with van der Waals surface area (Å²) in [6.07, 6.45) is 5.38. The van der Waals surface area contributed by atoms with Gasteiger partial charge in [-0.05, 0) is 47.9 Å². The molecular formula is C27H22N4O4. The molecule has 3 heterocycles. The van der Waals surface area contributed by atoms with E-state index >= 15 is 0 Å². The summed E-state index contributed by atoms with van der Waals surface area (Å²) in [4.78, 5) is 46.6. The number of fused-ring (bicyclic) bond motifs is 1. The molecule has 8 nitrogen and oxygen atoms in total. The average molecular weight is 466 g/mol. The average Bonchev–Trinajstić information content (AvgIpc) is 3.41. The number of aliphatic hydroxyl groups excluding tert-OH is 1. The minimum Gasteiger partial charge on any atom is -0.507 e. The van der Waals surface area contributed by atoms with E-state index in [9.17, 15) is 19.5 Å². The van der Waals surface area contributed by atoms with Crippen LogP contribution in [0.3, 0.4) is 0 Å². The number of ketones is 1. The van der Waals surface area contributed by atoms with E-state index in [4.69, 9.17) is 5.73 Å². The lowest BCUT2D eigenvalue weighted by molar-refractivity contribution is -0.139. The highest BCUT2D eigenvalue weighted by Gasteiger charge is 2.45. The number of para-hydroxylation sites is 1. The first-order valence-corrected chi connectivity index (χ1v) is 11.1. The highest BCUT2D eigenvalue weighted by atomic mass is 16.3. The zero-order chi connectivity index (χ0) is 24.5. The standard InChI is InChI=1S/C27H22N4O4/c28-26(34)17-9-7-16(8-10-17)23-22(24(32)19-4-3-12-29-14-19)25(33)27(35)31(23)13-11-18-15-30-21-6-2-1-5-20(18)21/h1-10,12,14-15,23,30,32H,11,13H2,(H2,28,34)/b24-22+. The SMILES string of the molecule is NC(=O)c1ccc(C2/C(=C(\O)c3cccnc3)C(=O)C(=O)N2CCc2c[nH]c3ccccc23)cc1. The van der Waals surface area contributed by atoms with Crippen LogP contribution in [0.25, 0.3) is 16.7 Å². The summed E-state index contributed by atoms with van der Waals surface area (Å²) in [5.41, 5.74) is 8.57. The lowest BCUT2D eigenvalue weighted by Gasteiger charge is -2.25. The fraction of sp³-hybridized carbons (Fsp3) is 0.111. The quantitative estimate of drug-likeness (QED) is 0.228. The van der Waals surface area contributed by atoms with Gasteiger partial charge in [0.2, 0.25) is 5.91 Å². The molecule has 1 saturated heterocycles. The number of pyridine rings is 1. The number of benzene rings is 2. The van der Waals surface area contributed by atoms with Gasteiger partial charge in [-0.1, -0.05) is 30.3 Å². The lowest BCUT2D eigenvalue weighted by Crippen LogP contribution is -2.31. The molecule has 1 atom stereocenters. The number of primary amides is 1. The largest absolute Gasteiger partial charge is 0.507 e. The van der Waals surface area contributed by atoms with Gasteiger partial charge in [0.25, 0.3) is 11.7 Å². The van der Waals surface area contributed by atoms with E-state index in [0.29, 0.717) is 23.1 Å². The van der Waals surface area contributed by atoms with Crippen molar-refractivity contribution in [2.24, 2.45) is 5.73 Å². The van der Waals surface area contributed by atoms with Crippen molar-refractivity contribution in [2.75, 3.05) is 6.54 Å². The van der Waals surface area contributed by atoms with Crippen molar-refractivity contribution in [1.82, 2.24) is 14.9 Å². The van der Waals surface area contributed by atoms with Gasteiger partial charge in [0.1, 0.15) is 5.76 Å². The van der Waals surface area contributed by atoms with Crippen molar-refractivity contribution in [1.29, 1.82) is 0 Å². The Hall–Kier alpha value is -4.72. The zero-order valence-electron chi connectivity index (χ0n) is 18.6. The topological polar surface area (TPSA) is 129 Å². The molecule has 5 rings (SSSR count). The van der Waals surface area contributed by atoms with Crippen LogP contribution in [0.5, 0.6) is 0 Å². The Labute approximate surface area is 200 Å². The predicted molar refractivity (Wildman–Crippen MR) is 130 cm³/mol. The van der Waals surface area contributed by atoms with Gasteiger partial charge in [-0.25, -0.2) is 0 Å². The molecule has 1 aliphatic rings. The van der Waals surface area contributed by atoms with Gasteiger partial charge in [0.15, 0.2) is 0 Å². The van der Waals surface area contributed by atoms with E-state index in [0.717, 1.165) is 16.5 Å². The van der Waals surface area contributed by atoms with Crippen LogP contribution in [-0.4, -0.2) is 44.1 Å². The Morgan fingerprint density at radius 3 is 2.51 bits per heavy atom. The Morgan fingerprint density at radius 1 is 1.03 bits per heavy atom. The number of carbonyl (C=O) groups is 3. The number of hydrogen-bond acceptors (Lipinski definition) is 5. The minimum atomic E-state index is -0.831. The maximum absolute atomic E-state index is 13.2. The number of aliphatic hydroxyl groups is 1. The maximum atomic E-state index is 13.2. The molecule has 2 amide bonds. The molecule has 2 aromatic carbocycles. The molecule has 0 spiro atoms. The minimum absolute atomic E-state index is 0.0197. The summed E-state index contributed by atoms with van der Waals surface area (Å²) >= 11 is 0. The summed E-state index contributed by atoms with van der Waals surface area (Å²) < 4.78 is 0. The molecule has 0 saturated carbocycles. The van der Waals surface area contributed by atoms with Crippen LogP contribution in [0.1, 0.15) is 33.1 Å². The molecule has 8 heteroatoms. The molecule has 1 fully saturated rings. The molecule has 0 bridgehead atoms. The molecule has 2 aromatic heterocycles. The number of nitrogens with one attached hydrogen (secondary N) is 1. The van der Waals surface area contributed by atoms with Crippen molar-refractivity contribution in [3.8, 4) is 0 Å². The van der Waals surface area contributed by atoms with Crippen molar-refractivity contribution in [2.45, 2.75) is 12.5 Å². The van der Waals surface area contributed by atoms with Crippen LogP contribution in [0.15, 0.2) is 84.8 Å². The summed E-state index contributed by atoms with van der Waals surface area (Å²) in [6.45, 7) is 0.248. The Bertz CT molecular complexity index is 1470. The van der Waals surface area contributed by atoms with E-state index < -0.39 is 23.6 Å². The van der Waals surface area contributed by atoms with Crippen LogP contribution in [-0.2, 0) is 16.0 Å². The van der Waals surface area contributed by atoms with Gasteiger partial charge in [0, 0.05) is 47.2 Å². The van der Waals surface area contributed by atoms with Crippen LogP contribution in [0, 0.1) is 0 Å². The van der Waals surface area contributed by atoms with Gasteiger partial charge < -0.3 is 20.7 Å². The zero-order valence-corrected chi connectivity index (χ0v) is 18.6. The molecule has 4 N–H and O–H groups in total. The first-order valence-electron chi connectivity index (χ1n) is 11.1. The summed E-state index contributed by atoms with van der Waals surface area (Å²) in [7, 11) is 0. The molecule has 4 aromatic rings. The summed E-state index contributed by atoms with van der Waals surface area (Å²) in [5.74, 6) is -2.34. The number of H-pyrrole nitrogens is 1. The van der Waals surface area contributed by atoms with Crippen LogP contribution < -0.4 is 5.73 Å². The van der Waals surface area contributed by atoms with Crippen LogP contribution in [0.4, 0.5) is 0 Å². The van der Waals surface area contributed by atoms with Crippen molar-refractivity contribution in [3.63, 3.8) is 0 Å². The number of aromatic amines is 1. The fourth-order valence-electron chi connectivity index (χ4n) is 4.52. The van der Waals surface area contributed by atoms with E-state index in [-0.39, 0.29) is 17.9 Å². The predicted octanol–water partition coefficient (Wildman–Crippen LogP) is 3.33.